The summed E-state index contributed by atoms with van der Waals surface area (Å²) in [7, 11) is -2.08. The van der Waals surface area contributed by atoms with Crippen LogP contribution in [0.4, 0.5) is 0 Å². The summed E-state index contributed by atoms with van der Waals surface area (Å²) in [6.07, 6.45) is 6.65. The predicted octanol–water partition coefficient (Wildman–Crippen LogP) is 12.5. The Kier molecular flexibility index (Phi) is 7.50. The van der Waals surface area contributed by atoms with Gasteiger partial charge in [-0.3, -0.25) is 0 Å². The van der Waals surface area contributed by atoms with Crippen molar-refractivity contribution in [1.82, 2.24) is 0 Å². The van der Waals surface area contributed by atoms with Gasteiger partial charge >= 0.3 is 289 Å². The molecule has 2 unspecified atom stereocenters. The second-order valence-electron chi connectivity index (χ2n) is 15.5. The van der Waals surface area contributed by atoms with Crippen molar-refractivity contribution in [2.24, 2.45) is 0 Å². The van der Waals surface area contributed by atoms with E-state index in [0.29, 0.717) is 7.35 Å². The zero-order valence-corrected chi connectivity index (χ0v) is 33.6. The SMILES string of the molecule is Cc1ccc(C)c(-c2cccc3c2C=C2[CH]3[Hf]([CH3])([CH3])[CH]3C(=Cc4c(-c5cc(C)ccc5C)cccc43)[Si]2(C)CCc2ccccc2)c1. The molecule has 1 aliphatic heterocycles. The fraction of sp³-hybridized carbons (Fsp3) is 0.244. The fourth-order valence-electron chi connectivity index (χ4n) is 9.55. The van der Waals surface area contributed by atoms with Crippen molar-refractivity contribution < 1.29 is 20.0 Å². The third kappa shape index (κ3) is 4.85. The summed E-state index contributed by atoms with van der Waals surface area (Å²) in [6, 6.07) is 41.0. The van der Waals surface area contributed by atoms with Crippen LogP contribution in [0.15, 0.2) is 114 Å². The summed E-state index contributed by atoms with van der Waals surface area (Å²) in [4.78, 5) is 0. The van der Waals surface area contributed by atoms with Crippen LogP contribution in [-0.4, -0.2) is 8.07 Å². The van der Waals surface area contributed by atoms with E-state index >= 15 is 0 Å². The molecule has 1 fully saturated rings. The number of fused-ring (bicyclic) bond motifs is 6. The number of benzene rings is 5. The molecule has 0 N–H and O–H groups in total. The van der Waals surface area contributed by atoms with Gasteiger partial charge in [0.15, 0.2) is 0 Å². The van der Waals surface area contributed by atoms with Crippen LogP contribution in [0.5, 0.6) is 0 Å². The van der Waals surface area contributed by atoms with Crippen molar-refractivity contribution >= 4 is 20.2 Å². The van der Waals surface area contributed by atoms with E-state index in [1.54, 1.807) is 11.1 Å². The third-order valence-electron chi connectivity index (χ3n) is 12.0. The van der Waals surface area contributed by atoms with E-state index in [4.69, 9.17) is 0 Å². The van der Waals surface area contributed by atoms with Crippen molar-refractivity contribution in [2.45, 2.75) is 63.4 Å². The molecular formula is C45H46HfSi. The Morgan fingerprint density at radius 3 is 1.53 bits per heavy atom. The molecule has 5 aromatic rings. The molecule has 0 spiro atoms. The molecule has 0 aromatic heterocycles. The molecule has 3 aliphatic rings. The molecule has 47 heavy (non-hydrogen) atoms. The normalized spacial score (nSPS) is 21.8. The van der Waals surface area contributed by atoms with Gasteiger partial charge in [0.1, 0.15) is 0 Å². The van der Waals surface area contributed by atoms with E-state index in [2.05, 4.69) is 159 Å². The Bertz CT molecular complexity index is 2000. The maximum absolute atomic E-state index is 3.14. The zero-order valence-electron chi connectivity index (χ0n) is 29.0. The summed E-state index contributed by atoms with van der Waals surface area (Å²) in [6.45, 7) is 11.8. The van der Waals surface area contributed by atoms with Crippen LogP contribution in [0.3, 0.4) is 0 Å². The van der Waals surface area contributed by atoms with Gasteiger partial charge in [0.05, 0.1) is 0 Å². The van der Waals surface area contributed by atoms with Gasteiger partial charge in [-0.2, -0.15) is 0 Å². The molecule has 2 heteroatoms. The van der Waals surface area contributed by atoms with Crippen molar-refractivity contribution in [3.8, 4) is 22.3 Å². The van der Waals surface area contributed by atoms with Crippen LogP contribution in [0.25, 0.3) is 34.4 Å². The van der Waals surface area contributed by atoms with Gasteiger partial charge in [0.2, 0.25) is 0 Å². The van der Waals surface area contributed by atoms with E-state index in [9.17, 15) is 0 Å². The molecule has 1 heterocycles. The Hall–Kier alpha value is -3.33. The molecule has 0 nitrogen and oxygen atoms in total. The fourth-order valence-corrected chi connectivity index (χ4v) is 41.8. The van der Waals surface area contributed by atoms with E-state index in [1.165, 1.54) is 67.2 Å². The first-order valence-corrected chi connectivity index (χ1v) is 31.5. The molecule has 0 radical (unpaired) electrons. The Labute approximate surface area is 287 Å². The molecule has 8 rings (SSSR count). The number of allylic oxidation sites excluding steroid dienone is 2. The van der Waals surface area contributed by atoms with Gasteiger partial charge in [0.25, 0.3) is 0 Å². The van der Waals surface area contributed by atoms with E-state index < -0.39 is 28.0 Å². The molecule has 0 amide bonds. The van der Waals surface area contributed by atoms with Crippen LogP contribution in [0, 0.1) is 27.7 Å². The number of hydrogen-bond acceptors (Lipinski definition) is 0. The summed E-state index contributed by atoms with van der Waals surface area (Å²) in [5, 5.41) is 3.69. The summed E-state index contributed by atoms with van der Waals surface area (Å²) in [5.74, 6) is 0. The number of aryl methyl sites for hydroxylation is 5. The Morgan fingerprint density at radius 1 is 0.553 bits per heavy atom. The van der Waals surface area contributed by atoms with Gasteiger partial charge in [0, 0.05) is 0 Å². The molecule has 2 aliphatic carbocycles. The molecular weight excluding hydrogens is 747 g/mol. The molecule has 5 aromatic carbocycles. The summed E-state index contributed by atoms with van der Waals surface area (Å²) in [5.41, 5.74) is 18.9. The molecule has 2 atom stereocenters. The topological polar surface area (TPSA) is 0 Å². The van der Waals surface area contributed by atoms with Crippen LogP contribution in [0.2, 0.25) is 22.0 Å². The second kappa shape index (κ2) is 11.4. The average Bonchev–Trinajstić information content (AvgIpc) is 3.68. The maximum atomic E-state index is 2.80. The van der Waals surface area contributed by atoms with E-state index in [0.717, 1.165) is 6.42 Å². The Balaban J connectivity index is 1.36. The van der Waals surface area contributed by atoms with Crippen LogP contribution >= 0.6 is 0 Å². The summed E-state index contributed by atoms with van der Waals surface area (Å²) < 4.78 is 6.86. The van der Waals surface area contributed by atoms with Gasteiger partial charge < -0.3 is 0 Å². The predicted molar refractivity (Wildman–Crippen MR) is 202 cm³/mol. The molecule has 1 saturated heterocycles. The molecule has 0 saturated carbocycles. The monoisotopic (exact) mass is 794 g/mol. The van der Waals surface area contributed by atoms with Gasteiger partial charge in [-0.1, -0.05) is 0 Å². The zero-order chi connectivity index (χ0) is 32.7. The first kappa shape index (κ1) is 31.0. The van der Waals surface area contributed by atoms with E-state index in [1.807, 2.05) is 10.4 Å². The Morgan fingerprint density at radius 2 is 1.04 bits per heavy atom. The van der Waals surface area contributed by atoms with Gasteiger partial charge in [-0.15, -0.1) is 0 Å². The third-order valence-corrected chi connectivity index (χ3v) is 33.9. The van der Waals surface area contributed by atoms with Gasteiger partial charge in [-0.05, 0) is 0 Å². The van der Waals surface area contributed by atoms with Crippen LogP contribution < -0.4 is 0 Å². The standard InChI is InChI=1S/C43H40Si.2CH3.Hf/c1-29-17-19-31(3)40(23-29)38-15-9-13-34-25-36(27-42(34)38)44(5,22-21-33-11-7-6-8-12-33)37-26-35-14-10-16-39(43(35)28-37)41-24-30(2)18-20-32(41)4;;;/h6-20,23-28H,21-22H2,1-5H3;2*1H3;. The molecule has 234 valence electrons. The van der Waals surface area contributed by atoms with Crippen molar-refractivity contribution in [3.05, 3.63) is 164 Å². The number of rotatable bonds is 5. The first-order chi connectivity index (χ1) is 22.6. The first-order valence-electron chi connectivity index (χ1n) is 17.5. The van der Waals surface area contributed by atoms with Crippen LogP contribution in [0.1, 0.15) is 57.4 Å². The minimum atomic E-state index is -3.14. The van der Waals surface area contributed by atoms with E-state index in [-0.39, 0.29) is 0 Å². The number of hydrogen-bond donors (Lipinski definition) is 0. The van der Waals surface area contributed by atoms with Crippen molar-refractivity contribution in [1.29, 1.82) is 0 Å². The average molecular weight is 793 g/mol. The minimum absolute atomic E-state index is 0.632. The van der Waals surface area contributed by atoms with Gasteiger partial charge in [-0.25, -0.2) is 0 Å². The summed E-state index contributed by atoms with van der Waals surface area (Å²) >= 11 is -3.14. The van der Waals surface area contributed by atoms with Crippen molar-refractivity contribution in [2.75, 3.05) is 0 Å². The molecule has 0 bridgehead atoms. The second-order valence-corrected chi connectivity index (χ2v) is 37.0. The quantitative estimate of drug-likeness (QED) is 0.156. The van der Waals surface area contributed by atoms with Crippen molar-refractivity contribution in [3.63, 3.8) is 0 Å². The van der Waals surface area contributed by atoms with Crippen LogP contribution in [-0.2, 0) is 26.4 Å².